The smallest absolute Gasteiger partial charge is 0.126 e. The molecule has 2 N–H and O–H groups in total. The number of methoxy groups -OCH3 is 1. The summed E-state index contributed by atoms with van der Waals surface area (Å²) in [4.78, 5) is 0. The molecule has 0 aliphatic carbocycles. The predicted octanol–water partition coefficient (Wildman–Crippen LogP) is 3.98. The molecule has 4 heteroatoms. The van der Waals surface area contributed by atoms with Gasteiger partial charge in [0, 0.05) is 22.5 Å². The highest BCUT2D eigenvalue weighted by Gasteiger charge is 2.27. The van der Waals surface area contributed by atoms with Crippen LogP contribution in [-0.4, -0.2) is 7.11 Å². The summed E-state index contributed by atoms with van der Waals surface area (Å²) in [6.07, 6.45) is 0.727. The second-order valence-corrected chi connectivity index (χ2v) is 5.82. The van der Waals surface area contributed by atoms with Gasteiger partial charge in [-0.2, -0.15) is 0 Å². The summed E-state index contributed by atoms with van der Waals surface area (Å²) in [6.45, 7) is 0. The fourth-order valence-electron chi connectivity index (χ4n) is 2.52. The predicted molar refractivity (Wildman–Crippen MR) is 82.1 cm³/mol. The average molecular weight is 334 g/mol. The van der Waals surface area contributed by atoms with Gasteiger partial charge in [0.05, 0.1) is 7.11 Å². The van der Waals surface area contributed by atoms with Crippen LogP contribution in [-0.2, 0) is 0 Å². The van der Waals surface area contributed by atoms with E-state index < -0.39 is 0 Å². The van der Waals surface area contributed by atoms with E-state index >= 15 is 0 Å². The van der Waals surface area contributed by atoms with E-state index in [1.54, 1.807) is 7.11 Å². The van der Waals surface area contributed by atoms with Gasteiger partial charge in [-0.3, -0.25) is 0 Å². The second-order valence-electron chi connectivity index (χ2n) is 4.91. The minimum Gasteiger partial charge on any atom is -0.497 e. The zero-order chi connectivity index (χ0) is 14.1. The lowest BCUT2D eigenvalue weighted by molar-refractivity contribution is 0.161. The summed E-state index contributed by atoms with van der Waals surface area (Å²) >= 11 is 3.47. The first-order valence-corrected chi connectivity index (χ1v) is 7.32. The van der Waals surface area contributed by atoms with E-state index in [1.165, 1.54) is 0 Å². The van der Waals surface area contributed by atoms with E-state index in [4.69, 9.17) is 15.2 Å². The van der Waals surface area contributed by atoms with Gasteiger partial charge in [-0.05, 0) is 35.9 Å². The maximum atomic E-state index is 6.28. The van der Waals surface area contributed by atoms with Gasteiger partial charge in [0.15, 0.2) is 0 Å². The lowest BCUT2D eigenvalue weighted by atomic mass is 9.93. The van der Waals surface area contributed by atoms with E-state index in [-0.39, 0.29) is 12.1 Å². The molecular weight excluding hydrogens is 318 g/mol. The molecule has 3 rings (SSSR count). The van der Waals surface area contributed by atoms with Crippen LogP contribution >= 0.6 is 15.9 Å². The molecule has 3 nitrogen and oxygen atoms in total. The first-order valence-electron chi connectivity index (χ1n) is 6.53. The highest BCUT2D eigenvalue weighted by atomic mass is 79.9. The monoisotopic (exact) mass is 333 g/mol. The molecule has 0 amide bonds. The third-order valence-corrected chi connectivity index (χ3v) is 4.07. The van der Waals surface area contributed by atoms with Gasteiger partial charge in [-0.25, -0.2) is 0 Å². The van der Waals surface area contributed by atoms with Crippen LogP contribution in [0.1, 0.15) is 29.7 Å². The Balaban J connectivity index is 1.92. The first kappa shape index (κ1) is 13.5. The molecule has 1 heterocycles. The van der Waals surface area contributed by atoms with Crippen LogP contribution in [0.15, 0.2) is 46.9 Å². The minimum absolute atomic E-state index is 0.0209. The molecule has 1 aliphatic heterocycles. The summed E-state index contributed by atoms with van der Waals surface area (Å²) in [5.74, 6) is 1.70. The van der Waals surface area contributed by atoms with E-state index in [0.29, 0.717) is 0 Å². The summed E-state index contributed by atoms with van der Waals surface area (Å²) < 4.78 is 12.4. The zero-order valence-corrected chi connectivity index (χ0v) is 12.8. The molecule has 0 saturated heterocycles. The van der Waals surface area contributed by atoms with Crippen LogP contribution in [0.3, 0.4) is 0 Å². The largest absolute Gasteiger partial charge is 0.497 e. The Bertz CT molecular complexity index is 630. The van der Waals surface area contributed by atoms with Crippen LogP contribution in [0, 0.1) is 0 Å². The third-order valence-electron chi connectivity index (χ3n) is 3.57. The normalized spacial score (nSPS) is 20.9. The average Bonchev–Trinajstić information content (AvgIpc) is 2.48. The highest BCUT2D eigenvalue weighted by Crippen LogP contribution is 2.41. The van der Waals surface area contributed by atoms with Crippen molar-refractivity contribution in [3.8, 4) is 11.5 Å². The zero-order valence-electron chi connectivity index (χ0n) is 11.2. The van der Waals surface area contributed by atoms with E-state index in [2.05, 4.69) is 15.9 Å². The number of rotatable bonds is 2. The number of fused-ring (bicyclic) bond motifs is 1. The molecule has 1 aliphatic rings. The molecule has 0 bridgehead atoms. The summed E-state index contributed by atoms with van der Waals surface area (Å²) in [6, 6.07) is 13.9. The lowest BCUT2D eigenvalue weighted by Crippen LogP contribution is -2.24. The van der Waals surface area contributed by atoms with Crippen molar-refractivity contribution in [2.75, 3.05) is 7.11 Å². The number of nitrogens with two attached hydrogens (primary N) is 1. The summed E-state index contributed by atoms with van der Waals surface area (Å²) in [5.41, 5.74) is 8.43. The Labute approximate surface area is 126 Å². The van der Waals surface area contributed by atoms with Gasteiger partial charge in [-0.15, -0.1) is 0 Å². The molecule has 2 aromatic rings. The van der Waals surface area contributed by atoms with Crippen LogP contribution in [0.4, 0.5) is 0 Å². The number of ether oxygens (including phenoxy) is 2. The molecule has 2 aromatic carbocycles. The quantitative estimate of drug-likeness (QED) is 0.903. The fourth-order valence-corrected chi connectivity index (χ4v) is 2.90. The fraction of sp³-hybridized carbons (Fsp3) is 0.250. The molecule has 2 atom stereocenters. The van der Waals surface area contributed by atoms with Gasteiger partial charge in [0.2, 0.25) is 0 Å². The standard InChI is InChI=1S/C16H16BrNO2/c1-19-12-4-2-3-10(7-12)16-9-14(18)13-8-11(17)5-6-15(13)20-16/h2-8,14,16H,9,18H2,1H3. The molecule has 0 aromatic heterocycles. The molecule has 0 saturated carbocycles. The van der Waals surface area contributed by atoms with Gasteiger partial charge in [-0.1, -0.05) is 28.1 Å². The number of benzene rings is 2. The molecule has 0 spiro atoms. The van der Waals surface area contributed by atoms with Crippen LogP contribution in [0.5, 0.6) is 11.5 Å². The van der Waals surface area contributed by atoms with Gasteiger partial charge >= 0.3 is 0 Å². The van der Waals surface area contributed by atoms with E-state index in [9.17, 15) is 0 Å². The number of hydrogen-bond acceptors (Lipinski definition) is 3. The molecular formula is C16H16BrNO2. The number of halogens is 1. The summed E-state index contributed by atoms with van der Waals surface area (Å²) in [5, 5.41) is 0. The van der Waals surface area contributed by atoms with Crippen LogP contribution < -0.4 is 15.2 Å². The topological polar surface area (TPSA) is 44.5 Å². The maximum absolute atomic E-state index is 6.28. The molecule has 104 valence electrons. The minimum atomic E-state index is -0.0335. The lowest BCUT2D eigenvalue weighted by Gasteiger charge is -2.30. The van der Waals surface area contributed by atoms with E-state index in [0.717, 1.165) is 33.5 Å². The highest BCUT2D eigenvalue weighted by molar-refractivity contribution is 9.10. The Morgan fingerprint density at radius 1 is 1.25 bits per heavy atom. The van der Waals surface area contributed by atoms with Crippen LogP contribution in [0.25, 0.3) is 0 Å². The number of hydrogen-bond donors (Lipinski definition) is 1. The molecule has 0 radical (unpaired) electrons. The summed E-state index contributed by atoms with van der Waals surface area (Å²) in [7, 11) is 1.67. The van der Waals surface area contributed by atoms with Gasteiger partial charge < -0.3 is 15.2 Å². The third kappa shape index (κ3) is 2.53. The maximum Gasteiger partial charge on any atom is 0.126 e. The van der Waals surface area contributed by atoms with Crippen LogP contribution in [0.2, 0.25) is 0 Å². The Hall–Kier alpha value is -1.52. The first-order chi connectivity index (χ1) is 9.67. The van der Waals surface area contributed by atoms with Crippen molar-refractivity contribution in [1.82, 2.24) is 0 Å². The van der Waals surface area contributed by atoms with Crippen molar-refractivity contribution in [2.45, 2.75) is 18.6 Å². The SMILES string of the molecule is COc1cccc(C2CC(N)c3cc(Br)ccc3O2)c1. The molecule has 2 unspecified atom stereocenters. The van der Waals surface area contributed by atoms with Crippen molar-refractivity contribution in [2.24, 2.45) is 5.73 Å². The Morgan fingerprint density at radius 3 is 2.90 bits per heavy atom. The Kier molecular flexibility index (Phi) is 3.68. The van der Waals surface area contributed by atoms with Crippen molar-refractivity contribution >= 4 is 15.9 Å². The Morgan fingerprint density at radius 2 is 2.10 bits per heavy atom. The van der Waals surface area contributed by atoms with Crippen molar-refractivity contribution in [3.63, 3.8) is 0 Å². The molecule has 20 heavy (non-hydrogen) atoms. The second kappa shape index (κ2) is 5.46. The van der Waals surface area contributed by atoms with E-state index in [1.807, 2.05) is 42.5 Å². The van der Waals surface area contributed by atoms with Crippen molar-refractivity contribution in [1.29, 1.82) is 0 Å². The van der Waals surface area contributed by atoms with Gasteiger partial charge in [0.25, 0.3) is 0 Å². The van der Waals surface area contributed by atoms with Gasteiger partial charge in [0.1, 0.15) is 17.6 Å². The van der Waals surface area contributed by atoms with Crippen molar-refractivity contribution in [3.05, 3.63) is 58.1 Å². The molecule has 0 fully saturated rings. The van der Waals surface area contributed by atoms with Crippen molar-refractivity contribution < 1.29 is 9.47 Å².